The third kappa shape index (κ3) is 4.85. The Morgan fingerprint density at radius 1 is 1.12 bits per heavy atom. The van der Waals surface area contributed by atoms with E-state index in [9.17, 15) is 4.79 Å². The number of imidazole rings is 1. The number of rotatable bonds is 7. The Labute approximate surface area is 155 Å². The lowest BCUT2D eigenvalue weighted by Crippen LogP contribution is -2.49. The zero-order valence-corrected chi connectivity index (χ0v) is 15.7. The van der Waals surface area contributed by atoms with Crippen LogP contribution in [0.3, 0.4) is 0 Å². The van der Waals surface area contributed by atoms with Crippen molar-refractivity contribution in [1.29, 1.82) is 0 Å². The van der Waals surface area contributed by atoms with Crippen molar-refractivity contribution in [2.24, 2.45) is 0 Å². The largest absolute Gasteiger partial charge is 0.497 e. The average Bonchev–Trinajstić information content (AvgIpc) is 3.10. The second kappa shape index (κ2) is 8.85. The first-order chi connectivity index (χ1) is 12.7. The second-order valence-corrected chi connectivity index (χ2v) is 6.74. The lowest BCUT2D eigenvalue weighted by atomic mass is 10.1. The lowest BCUT2D eigenvalue weighted by molar-refractivity contribution is -0.132. The van der Waals surface area contributed by atoms with E-state index in [4.69, 9.17) is 4.74 Å². The van der Waals surface area contributed by atoms with Crippen LogP contribution in [0.5, 0.6) is 5.75 Å². The van der Waals surface area contributed by atoms with Crippen LogP contribution in [0.25, 0.3) is 0 Å². The minimum atomic E-state index is 0.255. The summed E-state index contributed by atoms with van der Waals surface area (Å²) in [6.07, 6.45) is 5.21. The van der Waals surface area contributed by atoms with Gasteiger partial charge in [0.25, 0.3) is 0 Å². The van der Waals surface area contributed by atoms with Gasteiger partial charge in [-0.2, -0.15) is 0 Å². The summed E-state index contributed by atoms with van der Waals surface area (Å²) in [5.41, 5.74) is 1.17. The molecule has 0 radical (unpaired) electrons. The van der Waals surface area contributed by atoms with Crippen LogP contribution in [-0.4, -0.2) is 65.1 Å². The van der Waals surface area contributed by atoms with Gasteiger partial charge in [0, 0.05) is 58.1 Å². The van der Waals surface area contributed by atoms with Crippen molar-refractivity contribution in [3.63, 3.8) is 0 Å². The van der Waals surface area contributed by atoms with Crippen LogP contribution in [0.4, 0.5) is 0 Å². The molecule has 0 bridgehead atoms. The quantitative estimate of drug-likeness (QED) is 0.761. The van der Waals surface area contributed by atoms with E-state index in [0.29, 0.717) is 6.42 Å². The minimum Gasteiger partial charge on any atom is -0.497 e. The molecule has 1 aliphatic heterocycles. The van der Waals surface area contributed by atoms with Gasteiger partial charge in [0.1, 0.15) is 11.6 Å². The molecule has 3 rings (SSSR count). The van der Waals surface area contributed by atoms with Crippen LogP contribution in [-0.2, 0) is 17.8 Å². The normalized spacial score (nSPS) is 15.2. The number of benzene rings is 1. The average molecular weight is 356 g/mol. The number of hydrogen-bond donors (Lipinski definition) is 0. The maximum Gasteiger partial charge on any atom is 0.222 e. The summed E-state index contributed by atoms with van der Waals surface area (Å²) in [6.45, 7) is 7.53. The molecule has 1 aliphatic rings. The number of piperazine rings is 1. The van der Waals surface area contributed by atoms with Gasteiger partial charge in [0.15, 0.2) is 0 Å². The Morgan fingerprint density at radius 3 is 2.46 bits per heavy atom. The van der Waals surface area contributed by atoms with Crippen molar-refractivity contribution >= 4 is 5.91 Å². The highest BCUT2D eigenvalue weighted by atomic mass is 16.5. The Kier molecular flexibility index (Phi) is 6.28. The van der Waals surface area contributed by atoms with Gasteiger partial charge in [-0.3, -0.25) is 9.69 Å². The molecular formula is C20H28N4O2. The summed E-state index contributed by atoms with van der Waals surface area (Å²) in [5.74, 6) is 2.16. The first-order valence-corrected chi connectivity index (χ1v) is 9.26. The van der Waals surface area contributed by atoms with Gasteiger partial charge >= 0.3 is 0 Å². The molecule has 2 heterocycles. The fraction of sp³-hybridized carbons (Fsp3) is 0.500. The molecule has 6 heteroatoms. The molecule has 6 nitrogen and oxygen atoms in total. The van der Waals surface area contributed by atoms with Crippen LogP contribution in [0.1, 0.15) is 17.8 Å². The molecule has 0 aliphatic carbocycles. The molecule has 1 aromatic carbocycles. The van der Waals surface area contributed by atoms with Gasteiger partial charge in [0.2, 0.25) is 5.91 Å². The molecule has 140 valence electrons. The predicted octanol–water partition coefficient (Wildman–Crippen LogP) is 1.98. The van der Waals surface area contributed by atoms with Crippen molar-refractivity contribution in [2.45, 2.75) is 26.3 Å². The molecule has 0 unspecified atom stereocenters. The van der Waals surface area contributed by atoms with Crippen molar-refractivity contribution in [2.75, 3.05) is 39.8 Å². The molecule has 1 saturated heterocycles. The van der Waals surface area contributed by atoms with Crippen LogP contribution in [0.15, 0.2) is 36.7 Å². The van der Waals surface area contributed by atoms with Gasteiger partial charge in [-0.25, -0.2) is 4.98 Å². The van der Waals surface area contributed by atoms with E-state index in [2.05, 4.69) is 14.5 Å². The lowest BCUT2D eigenvalue weighted by Gasteiger charge is -2.35. The zero-order chi connectivity index (χ0) is 18.4. The third-order valence-electron chi connectivity index (χ3n) is 5.09. The van der Waals surface area contributed by atoms with Crippen molar-refractivity contribution < 1.29 is 9.53 Å². The molecule has 26 heavy (non-hydrogen) atoms. The van der Waals surface area contributed by atoms with E-state index in [1.54, 1.807) is 7.11 Å². The zero-order valence-electron chi connectivity index (χ0n) is 15.7. The smallest absolute Gasteiger partial charge is 0.222 e. The maximum absolute atomic E-state index is 12.5. The summed E-state index contributed by atoms with van der Waals surface area (Å²) >= 11 is 0. The highest BCUT2D eigenvalue weighted by Crippen LogP contribution is 2.13. The highest BCUT2D eigenvalue weighted by Gasteiger charge is 2.20. The molecule has 0 spiro atoms. The summed E-state index contributed by atoms with van der Waals surface area (Å²) in [6, 6.07) is 7.95. The van der Waals surface area contributed by atoms with E-state index in [0.717, 1.165) is 57.3 Å². The molecule has 0 N–H and O–H groups in total. The van der Waals surface area contributed by atoms with E-state index in [1.165, 1.54) is 5.56 Å². The number of methoxy groups -OCH3 is 1. The van der Waals surface area contributed by atoms with Crippen molar-refractivity contribution in [3.05, 3.63) is 48.0 Å². The van der Waals surface area contributed by atoms with Crippen LogP contribution in [0.2, 0.25) is 0 Å². The Bertz CT molecular complexity index is 703. The topological polar surface area (TPSA) is 50.6 Å². The summed E-state index contributed by atoms with van der Waals surface area (Å²) < 4.78 is 7.34. The molecule has 0 atom stereocenters. The molecular weight excluding hydrogens is 328 g/mol. The number of amides is 1. The predicted molar refractivity (Wildman–Crippen MR) is 101 cm³/mol. The van der Waals surface area contributed by atoms with E-state index >= 15 is 0 Å². The number of ether oxygens (including phenoxy) is 1. The van der Waals surface area contributed by atoms with Crippen LogP contribution < -0.4 is 4.74 Å². The number of carbonyl (C=O) groups excluding carboxylic acids is 1. The van der Waals surface area contributed by atoms with E-state index in [-0.39, 0.29) is 5.91 Å². The fourth-order valence-corrected chi connectivity index (χ4v) is 3.31. The molecule has 0 saturated carbocycles. The number of nitrogens with zero attached hydrogens (tertiary/aromatic N) is 4. The SMILES string of the molecule is COc1ccc(CCC(=O)N2CCN(CCn3ccnc3C)CC2)cc1. The standard InChI is InChI=1S/C20H28N4O2/c1-17-21-9-10-23(17)14-11-22-12-15-24(16-13-22)20(25)8-5-18-3-6-19(26-2)7-4-18/h3-4,6-7,9-10H,5,8,11-16H2,1-2H3. The molecule has 1 fully saturated rings. The molecule has 2 aromatic rings. The first kappa shape index (κ1) is 18.5. The Morgan fingerprint density at radius 2 is 1.85 bits per heavy atom. The number of hydrogen-bond acceptors (Lipinski definition) is 4. The maximum atomic E-state index is 12.5. The number of carbonyl (C=O) groups is 1. The summed E-state index contributed by atoms with van der Waals surface area (Å²) in [5, 5.41) is 0. The van der Waals surface area contributed by atoms with Crippen molar-refractivity contribution in [1.82, 2.24) is 19.4 Å². The molecule has 1 aromatic heterocycles. The third-order valence-corrected chi connectivity index (χ3v) is 5.09. The van der Waals surface area contributed by atoms with Crippen LogP contribution in [0, 0.1) is 6.92 Å². The fourth-order valence-electron chi connectivity index (χ4n) is 3.31. The highest BCUT2D eigenvalue weighted by molar-refractivity contribution is 5.76. The van der Waals surface area contributed by atoms with Gasteiger partial charge in [-0.15, -0.1) is 0 Å². The Balaban J connectivity index is 1.38. The Hall–Kier alpha value is -2.34. The van der Waals surface area contributed by atoms with E-state index < -0.39 is 0 Å². The van der Waals surface area contributed by atoms with Gasteiger partial charge in [-0.05, 0) is 31.0 Å². The second-order valence-electron chi connectivity index (χ2n) is 6.74. The summed E-state index contributed by atoms with van der Waals surface area (Å²) in [4.78, 5) is 21.1. The number of aromatic nitrogens is 2. The van der Waals surface area contributed by atoms with Crippen LogP contribution >= 0.6 is 0 Å². The van der Waals surface area contributed by atoms with E-state index in [1.807, 2.05) is 48.5 Å². The van der Waals surface area contributed by atoms with Crippen molar-refractivity contribution in [3.8, 4) is 5.75 Å². The van der Waals surface area contributed by atoms with Gasteiger partial charge < -0.3 is 14.2 Å². The number of aryl methyl sites for hydroxylation is 2. The monoisotopic (exact) mass is 356 g/mol. The minimum absolute atomic E-state index is 0.255. The summed E-state index contributed by atoms with van der Waals surface area (Å²) in [7, 11) is 1.66. The van der Waals surface area contributed by atoms with Gasteiger partial charge in [0.05, 0.1) is 7.11 Å². The molecule has 1 amide bonds. The van der Waals surface area contributed by atoms with Gasteiger partial charge in [-0.1, -0.05) is 12.1 Å². The first-order valence-electron chi connectivity index (χ1n) is 9.26.